The number of nitrogens with one attached hydrogen (secondary N) is 3. The number of carbonyl (C=O) groups excluding carboxylic acids is 1. The van der Waals surface area contributed by atoms with Crippen molar-refractivity contribution in [1.29, 1.82) is 0 Å². The van der Waals surface area contributed by atoms with Crippen molar-refractivity contribution in [2.24, 2.45) is 4.99 Å². The van der Waals surface area contributed by atoms with Crippen molar-refractivity contribution in [1.82, 2.24) is 16.0 Å². The highest BCUT2D eigenvalue weighted by Crippen LogP contribution is 2.11. The van der Waals surface area contributed by atoms with Gasteiger partial charge in [-0.1, -0.05) is 32.6 Å². The molecule has 3 N–H and O–H groups in total. The van der Waals surface area contributed by atoms with Gasteiger partial charge in [-0.05, 0) is 19.8 Å². The third-order valence-electron chi connectivity index (χ3n) is 4.34. The molecule has 0 aliphatic carbocycles. The van der Waals surface area contributed by atoms with Crippen molar-refractivity contribution in [2.45, 2.75) is 70.9 Å². The molecule has 146 valence electrons. The monoisotopic (exact) mass is 374 g/mol. The molecule has 0 aromatic heterocycles. The third-order valence-corrected chi connectivity index (χ3v) is 6.11. The normalized spacial score (nSPS) is 20.9. The van der Waals surface area contributed by atoms with Gasteiger partial charge in [0.25, 0.3) is 0 Å². The molecule has 0 saturated carbocycles. The molecule has 25 heavy (non-hydrogen) atoms. The molecule has 1 aliphatic heterocycles. The average molecular weight is 375 g/mol. The zero-order valence-corrected chi connectivity index (χ0v) is 16.6. The van der Waals surface area contributed by atoms with Crippen LogP contribution < -0.4 is 16.0 Å². The maximum Gasteiger partial charge on any atom is 0.222 e. The van der Waals surface area contributed by atoms with Crippen LogP contribution in [-0.4, -0.2) is 57.5 Å². The lowest BCUT2D eigenvalue weighted by molar-refractivity contribution is -0.121. The molecule has 2 unspecified atom stereocenters. The van der Waals surface area contributed by atoms with Crippen LogP contribution in [-0.2, 0) is 14.6 Å². The highest BCUT2D eigenvalue weighted by Gasteiger charge is 2.28. The number of amides is 1. The highest BCUT2D eigenvalue weighted by molar-refractivity contribution is 7.91. The van der Waals surface area contributed by atoms with Gasteiger partial charge in [0.1, 0.15) is 0 Å². The van der Waals surface area contributed by atoms with Crippen LogP contribution in [0.15, 0.2) is 4.99 Å². The quantitative estimate of drug-likeness (QED) is 0.303. The van der Waals surface area contributed by atoms with Crippen molar-refractivity contribution < 1.29 is 13.2 Å². The fourth-order valence-electron chi connectivity index (χ4n) is 2.88. The lowest BCUT2D eigenvalue weighted by Gasteiger charge is -2.18. The molecule has 0 bridgehead atoms. The maximum atomic E-state index is 11.9. The number of carbonyl (C=O) groups is 1. The van der Waals surface area contributed by atoms with Crippen LogP contribution in [0.2, 0.25) is 0 Å². The molecule has 0 aromatic rings. The average Bonchev–Trinajstić information content (AvgIpc) is 2.89. The molecule has 1 fully saturated rings. The Bertz CT molecular complexity index is 534. The summed E-state index contributed by atoms with van der Waals surface area (Å²) in [5, 5.41) is 9.25. The van der Waals surface area contributed by atoms with Crippen molar-refractivity contribution in [3.8, 4) is 0 Å². The van der Waals surface area contributed by atoms with Crippen molar-refractivity contribution in [3.05, 3.63) is 0 Å². The van der Waals surface area contributed by atoms with Gasteiger partial charge in [-0.25, -0.2) is 8.42 Å². The Hall–Kier alpha value is -1.31. The standard InChI is InChI=1S/C17H34N4O3S/c1-4-5-6-7-8-14(2)20-17(18-3)19-11-9-16(22)21-15-10-12-25(23,24)13-15/h14-15H,4-13H2,1-3H3,(H,21,22)(H2,18,19,20). The molecular weight excluding hydrogens is 340 g/mol. The first kappa shape index (κ1) is 21.7. The van der Waals surface area contributed by atoms with E-state index < -0.39 is 9.84 Å². The number of hydrogen-bond donors (Lipinski definition) is 3. The summed E-state index contributed by atoms with van der Waals surface area (Å²) >= 11 is 0. The van der Waals surface area contributed by atoms with Gasteiger partial charge in [0, 0.05) is 32.1 Å². The Labute approximate surface area is 152 Å². The van der Waals surface area contributed by atoms with Gasteiger partial charge < -0.3 is 16.0 Å². The van der Waals surface area contributed by atoms with E-state index in [1.807, 2.05) is 0 Å². The number of aliphatic imine (C=N–C) groups is 1. The van der Waals surface area contributed by atoms with Gasteiger partial charge in [0.05, 0.1) is 11.5 Å². The summed E-state index contributed by atoms with van der Waals surface area (Å²) in [6, 6.07) is 0.0960. The van der Waals surface area contributed by atoms with Gasteiger partial charge in [0.15, 0.2) is 15.8 Å². The van der Waals surface area contributed by atoms with Crippen LogP contribution in [0, 0.1) is 0 Å². The van der Waals surface area contributed by atoms with Gasteiger partial charge >= 0.3 is 0 Å². The second kappa shape index (κ2) is 11.3. The second-order valence-corrected chi connectivity index (χ2v) is 9.04. The number of unbranched alkanes of at least 4 members (excludes halogenated alkanes) is 3. The Morgan fingerprint density at radius 3 is 2.64 bits per heavy atom. The van der Waals surface area contributed by atoms with Crippen LogP contribution in [0.5, 0.6) is 0 Å². The van der Waals surface area contributed by atoms with E-state index >= 15 is 0 Å². The van der Waals surface area contributed by atoms with E-state index in [1.54, 1.807) is 7.05 Å². The first-order valence-electron chi connectivity index (χ1n) is 9.33. The van der Waals surface area contributed by atoms with E-state index in [0.717, 1.165) is 6.42 Å². The summed E-state index contributed by atoms with van der Waals surface area (Å²) in [5.74, 6) is 0.797. The molecule has 1 saturated heterocycles. The van der Waals surface area contributed by atoms with Crippen LogP contribution in [0.4, 0.5) is 0 Å². The van der Waals surface area contributed by atoms with E-state index in [-0.39, 0.29) is 23.5 Å². The molecule has 1 heterocycles. The molecule has 0 aromatic carbocycles. The largest absolute Gasteiger partial charge is 0.356 e. The first-order chi connectivity index (χ1) is 11.9. The lowest BCUT2D eigenvalue weighted by atomic mass is 10.1. The predicted molar refractivity (Wildman–Crippen MR) is 103 cm³/mol. The summed E-state index contributed by atoms with van der Waals surface area (Å²) in [7, 11) is -1.25. The topological polar surface area (TPSA) is 99.7 Å². The van der Waals surface area contributed by atoms with Gasteiger partial charge in [-0.2, -0.15) is 0 Å². The summed E-state index contributed by atoms with van der Waals surface area (Å²) < 4.78 is 22.8. The maximum absolute atomic E-state index is 11.9. The Morgan fingerprint density at radius 1 is 1.28 bits per heavy atom. The molecule has 1 amide bonds. The summed E-state index contributed by atoms with van der Waals surface area (Å²) in [6.45, 7) is 4.80. The van der Waals surface area contributed by atoms with Crippen molar-refractivity contribution in [2.75, 3.05) is 25.1 Å². The minimum atomic E-state index is -2.96. The molecule has 8 heteroatoms. The van der Waals surface area contributed by atoms with E-state index in [2.05, 4.69) is 34.8 Å². The van der Waals surface area contributed by atoms with E-state index in [9.17, 15) is 13.2 Å². The molecule has 0 radical (unpaired) electrons. The van der Waals surface area contributed by atoms with Crippen molar-refractivity contribution in [3.63, 3.8) is 0 Å². The number of nitrogens with zero attached hydrogens (tertiary/aromatic N) is 1. The van der Waals surface area contributed by atoms with E-state index in [4.69, 9.17) is 0 Å². The van der Waals surface area contributed by atoms with E-state index in [1.165, 1.54) is 25.7 Å². The smallest absolute Gasteiger partial charge is 0.222 e. The van der Waals surface area contributed by atoms with Gasteiger partial charge in [-0.15, -0.1) is 0 Å². The zero-order valence-electron chi connectivity index (χ0n) is 15.8. The fourth-order valence-corrected chi connectivity index (χ4v) is 4.55. The Kier molecular flexibility index (Phi) is 9.85. The summed E-state index contributed by atoms with van der Waals surface area (Å²) in [4.78, 5) is 16.1. The first-order valence-corrected chi connectivity index (χ1v) is 11.2. The highest BCUT2D eigenvalue weighted by atomic mass is 32.2. The van der Waals surface area contributed by atoms with Crippen LogP contribution in [0.3, 0.4) is 0 Å². The van der Waals surface area contributed by atoms with Crippen LogP contribution in [0.25, 0.3) is 0 Å². The van der Waals surface area contributed by atoms with Gasteiger partial charge in [0.2, 0.25) is 5.91 Å². The molecule has 1 aliphatic rings. The van der Waals surface area contributed by atoms with Gasteiger partial charge in [-0.3, -0.25) is 9.79 Å². The Balaban J connectivity index is 2.18. The Morgan fingerprint density at radius 2 is 2.04 bits per heavy atom. The molecule has 0 spiro atoms. The lowest BCUT2D eigenvalue weighted by Crippen LogP contribution is -2.44. The molecular formula is C17H34N4O3S. The van der Waals surface area contributed by atoms with E-state index in [0.29, 0.717) is 31.4 Å². The third kappa shape index (κ3) is 9.67. The van der Waals surface area contributed by atoms with Crippen LogP contribution in [0.1, 0.15) is 58.8 Å². The predicted octanol–water partition coefficient (Wildman–Crippen LogP) is 1.20. The second-order valence-electron chi connectivity index (χ2n) is 6.81. The molecule has 1 rings (SSSR count). The number of hydrogen-bond acceptors (Lipinski definition) is 4. The number of rotatable bonds is 10. The molecule has 2 atom stereocenters. The summed E-state index contributed by atoms with van der Waals surface area (Å²) in [6.07, 6.45) is 6.87. The SMILES string of the molecule is CCCCCCC(C)NC(=NC)NCCC(=O)NC1CCS(=O)(=O)C1. The zero-order chi connectivity index (χ0) is 18.7. The molecule has 7 nitrogen and oxygen atoms in total. The minimum absolute atomic E-state index is 0.0605. The summed E-state index contributed by atoms with van der Waals surface area (Å²) in [5.41, 5.74) is 0. The number of guanidine groups is 1. The minimum Gasteiger partial charge on any atom is -0.356 e. The van der Waals surface area contributed by atoms with Crippen LogP contribution >= 0.6 is 0 Å². The van der Waals surface area contributed by atoms with Crippen molar-refractivity contribution >= 4 is 21.7 Å². The fraction of sp³-hybridized carbons (Fsp3) is 0.882. The number of sulfone groups is 1.